The smallest absolute Gasteiger partial charge is 0.352 e. The van der Waals surface area contributed by atoms with Crippen molar-refractivity contribution in [1.29, 1.82) is 0 Å². The summed E-state index contributed by atoms with van der Waals surface area (Å²) in [5, 5.41) is 8.92. The van der Waals surface area contributed by atoms with Gasteiger partial charge in [-0.3, -0.25) is 4.98 Å². The lowest BCUT2D eigenvalue weighted by atomic mass is 10.0. The fourth-order valence-electron chi connectivity index (χ4n) is 1.94. The van der Waals surface area contributed by atoms with Crippen molar-refractivity contribution in [3.63, 3.8) is 0 Å². The highest BCUT2D eigenvalue weighted by molar-refractivity contribution is 5.86. The molecule has 1 heterocycles. The van der Waals surface area contributed by atoms with Crippen molar-refractivity contribution in [3.05, 3.63) is 52.1 Å². The predicted octanol–water partition coefficient (Wildman–Crippen LogP) is 2.48. The van der Waals surface area contributed by atoms with Crippen molar-refractivity contribution >= 4 is 5.97 Å². The molecule has 0 aliphatic carbocycles. The van der Waals surface area contributed by atoms with Gasteiger partial charge in [-0.2, -0.15) is 4.98 Å². The molecule has 0 atom stereocenters. The Morgan fingerprint density at radius 3 is 2.60 bits per heavy atom. The normalized spacial score (nSPS) is 10.4. The van der Waals surface area contributed by atoms with Gasteiger partial charge in [-0.25, -0.2) is 9.59 Å². The molecular weight excluding hydrogens is 256 g/mol. The molecule has 2 aromatic rings. The first-order valence-corrected chi connectivity index (χ1v) is 6.54. The van der Waals surface area contributed by atoms with Crippen LogP contribution in [0.25, 0.3) is 11.3 Å². The molecule has 20 heavy (non-hydrogen) atoms. The number of carbonyl (C=O) groups is 1. The summed E-state index contributed by atoms with van der Waals surface area (Å²) in [6, 6.07) is 9.05. The van der Waals surface area contributed by atoms with Crippen LogP contribution in [0, 0.1) is 0 Å². The molecule has 0 aliphatic heterocycles. The highest BCUT2D eigenvalue weighted by Crippen LogP contribution is 2.17. The monoisotopic (exact) mass is 272 g/mol. The third kappa shape index (κ3) is 3.32. The Morgan fingerprint density at radius 1 is 1.30 bits per heavy atom. The van der Waals surface area contributed by atoms with E-state index >= 15 is 0 Å². The van der Waals surface area contributed by atoms with E-state index in [-0.39, 0.29) is 5.69 Å². The summed E-state index contributed by atoms with van der Waals surface area (Å²) in [4.78, 5) is 28.3. The Labute approximate surface area is 116 Å². The topological polar surface area (TPSA) is 83.0 Å². The number of benzene rings is 1. The highest BCUT2D eigenvalue weighted by atomic mass is 16.4. The highest BCUT2D eigenvalue weighted by Gasteiger charge is 2.08. The lowest BCUT2D eigenvalue weighted by molar-refractivity contribution is 0.0690. The van der Waals surface area contributed by atoms with E-state index in [0.29, 0.717) is 5.69 Å². The zero-order valence-electron chi connectivity index (χ0n) is 11.2. The number of rotatable bonds is 5. The Bertz CT molecular complexity index is 660. The summed E-state index contributed by atoms with van der Waals surface area (Å²) < 4.78 is 0. The first kappa shape index (κ1) is 14.0. The van der Waals surface area contributed by atoms with Gasteiger partial charge in [0.25, 0.3) is 0 Å². The molecule has 2 N–H and O–H groups in total. The number of aromatic carboxylic acids is 1. The number of hydrogen-bond donors (Lipinski definition) is 2. The van der Waals surface area contributed by atoms with Crippen LogP contribution in [0.3, 0.4) is 0 Å². The molecule has 0 amide bonds. The lowest BCUT2D eigenvalue weighted by Crippen LogP contribution is -2.16. The van der Waals surface area contributed by atoms with Crippen LogP contribution < -0.4 is 5.69 Å². The van der Waals surface area contributed by atoms with Gasteiger partial charge in [0.05, 0.1) is 5.69 Å². The second-order valence-electron chi connectivity index (χ2n) is 4.59. The molecule has 104 valence electrons. The van der Waals surface area contributed by atoms with Gasteiger partial charge in [0, 0.05) is 5.56 Å². The van der Waals surface area contributed by atoms with Crippen molar-refractivity contribution in [2.45, 2.75) is 26.2 Å². The maximum absolute atomic E-state index is 11.4. The largest absolute Gasteiger partial charge is 0.477 e. The van der Waals surface area contributed by atoms with Crippen molar-refractivity contribution in [1.82, 2.24) is 9.97 Å². The van der Waals surface area contributed by atoms with Gasteiger partial charge in [0.15, 0.2) is 0 Å². The van der Waals surface area contributed by atoms with Gasteiger partial charge in [-0.15, -0.1) is 0 Å². The summed E-state index contributed by atoms with van der Waals surface area (Å²) in [7, 11) is 0. The molecule has 0 fully saturated rings. The van der Waals surface area contributed by atoms with Gasteiger partial charge in [-0.1, -0.05) is 37.6 Å². The van der Waals surface area contributed by atoms with Crippen LogP contribution >= 0.6 is 0 Å². The van der Waals surface area contributed by atoms with Crippen LogP contribution in [0.2, 0.25) is 0 Å². The van der Waals surface area contributed by atoms with Crippen LogP contribution in [0.1, 0.15) is 35.8 Å². The number of nitrogens with one attached hydrogen (secondary N) is 1. The molecular formula is C15H16N2O3. The molecule has 0 radical (unpaired) electrons. The first-order valence-electron chi connectivity index (χ1n) is 6.54. The molecule has 0 bridgehead atoms. The van der Waals surface area contributed by atoms with Gasteiger partial charge >= 0.3 is 11.7 Å². The van der Waals surface area contributed by atoms with Crippen molar-refractivity contribution < 1.29 is 9.90 Å². The molecule has 0 spiro atoms. The van der Waals surface area contributed by atoms with E-state index in [0.717, 1.165) is 24.8 Å². The van der Waals surface area contributed by atoms with E-state index in [4.69, 9.17) is 5.11 Å². The minimum absolute atomic E-state index is 0.157. The second kappa shape index (κ2) is 6.14. The third-order valence-corrected chi connectivity index (χ3v) is 3.04. The molecule has 5 nitrogen and oxygen atoms in total. The Kier molecular flexibility index (Phi) is 4.30. The average Bonchev–Trinajstić information content (AvgIpc) is 2.45. The maximum Gasteiger partial charge on any atom is 0.352 e. The molecule has 0 unspecified atom stereocenters. The van der Waals surface area contributed by atoms with Crippen LogP contribution in [-0.4, -0.2) is 21.0 Å². The van der Waals surface area contributed by atoms with Crippen molar-refractivity contribution in [3.8, 4) is 11.3 Å². The summed E-state index contributed by atoms with van der Waals surface area (Å²) in [5.41, 5.74) is 1.51. The van der Waals surface area contributed by atoms with Crippen LogP contribution in [0.15, 0.2) is 35.1 Å². The minimum atomic E-state index is -1.18. The Balaban J connectivity index is 2.31. The van der Waals surface area contributed by atoms with Crippen LogP contribution in [0.5, 0.6) is 0 Å². The van der Waals surface area contributed by atoms with Crippen LogP contribution in [-0.2, 0) is 6.42 Å². The standard InChI is InChI=1S/C15H16N2O3/c1-2-3-4-10-5-7-11(8-6-10)12-9-13(14(18)19)17-15(20)16-12/h5-9H,2-4H2,1H3,(H,18,19)(H,16,17,20). The Morgan fingerprint density at radius 2 is 2.00 bits per heavy atom. The molecule has 0 saturated carbocycles. The number of H-pyrrole nitrogens is 1. The first-order chi connectivity index (χ1) is 9.60. The lowest BCUT2D eigenvalue weighted by Gasteiger charge is -2.04. The molecule has 1 aromatic heterocycles. The third-order valence-electron chi connectivity index (χ3n) is 3.04. The zero-order chi connectivity index (χ0) is 14.5. The van der Waals surface area contributed by atoms with E-state index in [2.05, 4.69) is 16.9 Å². The van der Waals surface area contributed by atoms with Crippen LogP contribution in [0.4, 0.5) is 0 Å². The second-order valence-corrected chi connectivity index (χ2v) is 4.59. The summed E-state index contributed by atoms with van der Waals surface area (Å²) in [6.07, 6.45) is 3.28. The van der Waals surface area contributed by atoms with Gasteiger partial charge < -0.3 is 5.11 Å². The van der Waals surface area contributed by atoms with Crippen molar-refractivity contribution in [2.24, 2.45) is 0 Å². The fraction of sp³-hybridized carbons (Fsp3) is 0.267. The number of hydrogen-bond acceptors (Lipinski definition) is 3. The number of aromatic nitrogens is 2. The fourth-order valence-corrected chi connectivity index (χ4v) is 1.94. The van der Waals surface area contributed by atoms with Gasteiger partial charge in [0.1, 0.15) is 5.69 Å². The van der Waals surface area contributed by atoms with Crippen molar-refractivity contribution in [2.75, 3.05) is 0 Å². The quantitative estimate of drug-likeness (QED) is 0.875. The number of aryl methyl sites for hydroxylation is 1. The SMILES string of the molecule is CCCCc1ccc(-c2cc(C(=O)O)[nH]c(=O)n2)cc1. The summed E-state index contributed by atoms with van der Waals surface area (Å²) >= 11 is 0. The molecule has 1 aromatic carbocycles. The summed E-state index contributed by atoms with van der Waals surface area (Å²) in [6.45, 7) is 2.14. The van der Waals surface area contributed by atoms with E-state index < -0.39 is 11.7 Å². The van der Waals surface area contributed by atoms with E-state index in [1.807, 2.05) is 24.3 Å². The molecule has 2 rings (SSSR count). The number of aromatic amines is 1. The number of carboxylic acids is 1. The summed E-state index contributed by atoms with van der Waals surface area (Å²) in [5.74, 6) is -1.18. The molecule has 0 saturated heterocycles. The Hall–Kier alpha value is -2.43. The average molecular weight is 272 g/mol. The zero-order valence-corrected chi connectivity index (χ0v) is 11.2. The van der Waals surface area contributed by atoms with Gasteiger partial charge in [0.2, 0.25) is 0 Å². The van der Waals surface area contributed by atoms with E-state index in [9.17, 15) is 9.59 Å². The molecule has 5 heteroatoms. The maximum atomic E-state index is 11.4. The van der Waals surface area contributed by atoms with E-state index in [1.165, 1.54) is 11.6 Å². The number of nitrogens with zero attached hydrogens (tertiary/aromatic N) is 1. The van der Waals surface area contributed by atoms with Gasteiger partial charge in [-0.05, 0) is 24.5 Å². The number of carboxylic acid groups (broad SMARTS) is 1. The van der Waals surface area contributed by atoms with E-state index in [1.54, 1.807) is 0 Å². The minimum Gasteiger partial charge on any atom is -0.477 e. The number of unbranched alkanes of at least 4 members (excludes halogenated alkanes) is 1. The molecule has 0 aliphatic rings. The predicted molar refractivity (Wildman–Crippen MR) is 75.9 cm³/mol.